The second-order valence-electron chi connectivity index (χ2n) is 6.15. The van der Waals surface area contributed by atoms with Crippen molar-refractivity contribution in [2.75, 3.05) is 32.4 Å². The largest absolute Gasteiger partial charge is 0.356 e. The smallest absolute Gasteiger partial charge is 0.211 e. The van der Waals surface area contributed by atoms with E-state index < -0.39 is 10.0 Å². The maximum Gasteiger partial charge on any atom is 0.211 e. The fraction of sp³-hybridized carbons (Fsp3) is 0.588. The molecule has 134 valence electrons. The Morgan fingerprint density at radius 2 is 1.88 bits per heavy atom. The Bertz CT molecular complexity index is 640. The van der Waals surface area contributed by atoms with Crippen LogP contribution >= 0.6 is 0 Å². The van der Waals surface area contributed by atoms with Crippen molar-refractivity contribution in [3.05, 3.63) is 35.9 Å². The molecule has 0 unspecified atom stereocenters. The number of rotatable bonds is 8. The molecule has 3 N–H and O–H groups in total. The number of sulfonamides is 1. The summed E-state index contributed by atoms with van der Waals surface area (Å²) in [6, 6.07) is 10.6. The molecule has 1 aliphatic carbocycles. The zero-order valence-corrected chi connectivity index (χ0v) is 15.3. The third-order valence-electron chi connectivity index (χ3n) is 4.63. The molecule has 1 aliphatic rings. The Morgan fingerprint density at radius 1 is 1.17 bits per heavy atom. The van der Waals surface area contributed by atoms with Crippen LogP contribution in [0.3, 0.4) is 0 Å². The topological polar surface area (TPSA) is 82.6 Å². The number of aliphatic imine (C=N–C) groups is 1. The van der Waals surface area contributed by atoms with Crippen molar-refractivity contribution in [3.63, 3.8) is 0 Å². The lowest BCUT2D eigenvalue weighted by atomic mass is 9.64. The van der Waals surface area contributed by atoms with Gasteiger partial charge in [0.05, 0.1) is 5.75 Å². The van der Waals surface area contributed by atoms with Gasteiger partial charge in [-0.2, -0.15) is 0 Å². The molecule has 0 aromatic heterocycles. The monoisotopic (exact) mass is 352 g/mol. The average molecular weight is 353 g/mol. The molecule has 1 saturated carbocycles. The normalized spacial score (nSPS) is 17.2. The van der Waals surface area contributed by atoms with E-state index >= 15 is 0 Å². The SMILES string of the molecule is CCS(=O)(=O)NCCNC(=NC)NCC1(c2ccccc2)CCC1. The lowest BCUT2D eigenvalue weighted by molar-refractivity contribution is 0.244. The minimum absolute atomic E-state index is 0.0968. The molecular formula is C17H28N4O2S. The highest BCUT2D eigenvalue weighted by atomic mass is 32.2. The molecule has 0 bridgehead atoms. The summed E-state index contributed by atoms with van der Waals surface area (Å²) in [5, 5.41) is 6.53. The number of hydrogen-bond donors (Lipinski definition) is 3. The van der Waals surface area contributed by atoms with Crippen molar-refractivity contribution in [1.82, 2.24) is 15.4 Å². The van der Waals surface area contributed by atoms with E-state index in [1.807, 2.05) is 6.07 Å². The van der Waals surface area contributed by atoms with Crippen molar-refractivity contribution in [3.8, 4) is 0 Å². The Hall–Kier alpha value is -1.60. The van der Waals surface area contributed by atoms with Crippen LogP contribution < -0.4 is 15.4 Å². The maximum atomic E-state index is 11.4. The second-order valence-corrected chi connectivity index (χ2v) is 8.25. The molecule has 1 fully saturated rings. The Kier molecular flexibility index (Phi) is 6.62. The summed E-state index contributed by atoms with van der Waals surface area (Å²) in [4.78, 5) is 4.21. The van der Waals surface area contributed by atoms with E-state index in [9.17, 15) is 8.42 Å². The van der Waals surface area contributed by atoms with E-state index in [-0.39, 0.29) is 11.2 Å². The van der Waals surface area contributed by atoms with Gasteiger partial charge in [0.1, 0.15) is 0 Å². The maximum absolute atomic E-state index is 11.4. The van der Waals surface area contributed by atoms with Gasteiger partial charge in [-0.25, -0.2) is 13.1 Å². The Morgan fingerprint density at radius 3 is 2.42 bits per heavy atom. The van der Waals surface area contributed by atoms with E-state index in [0.717, 1.165) is 6.54 Å². The summed E-state index contributed by atoms with van der Waals surface area (Å²) in [5.41, 5.74) is 1.55. The van der Waals surface area contributed by atoms with E-state index in [2.05, 4.69) is 44.6 Å². The van der Waals surface area contributed by atoms with Crippen molar-refractivity contribution < 1.29 is 8.42 Å². The van der Waals surface area contributed by atoms with E-state index in [1.165, 1.54) is 24.8 Å². The van der Waals surface area contributed by atoms with Gasteiger partial charge in [-0.05, 0) is 25.3 Å². The first kappa shape index (κ1) is 18.7. The van der Waals surface area contributed by atoms with Crippen molar-refractivity contribution in [2.45, 2.75) is 31.6 Å². The summed E-state index contributed by atoms with van der Waals surface area (Å²) in [6.45, 7) is 3.30. The van der Waals surface area contributed by atoms with Crippen LogP contribution in [0.15, 0.2) is 35.3 Å². The van der Waals surface area contributed by atoms with Crippen LogP contribution in [0, 0.1) is 0 Å². The van der Waals surface area contributed by atoms with Crippen LogP contribution in [0.25, 0.3) is 0 Å². The van der Waals surface area contributed by atoms with Gasteiger partial charge >= 0.3 is 0 Å². The van der Waals surface area contributed by atoms with Crippen LogP contribution in [0.5, 0.6) is 0 Å². The zero-order valence-electron chi connectivity index (χ0n) is 14.5. The van der Waals surface area contributed by atoms with Crippen LogP contribution in [-0.2, 0) is 15.4 Å². The minimum Gasteiger partial charge on any atom is -0.356 e. The highest BCUT2D eigenvalue weighted by Gasteiger charge is 2.38. The third-order valence-corrected chi connectivity index (χ3v) is 6.04. The molecule has 0 amide bonds. The highest BCUT2D eigenvalue weighted by Crippen LogP contribution is 2.43. The molecule has 24 heavy (non-hydrogen) atoms. The average Bonchev–Trinajstić information content (AvgIpc) is 2.56. The summed E-state index contributed by atoms with van der Waals surface area (Å²) in [5.74, 6) is 0.799. The fourth-order valence-electron chi connectivity index (χ4n) is 2.93. The predicted octanol–water partition coefficient (Wildman–Crippen LogP) is 1.21. The second kappa shape index (κ2) is 8.48. The molecule has 0 spiro atoms. The first-order valence-corrected chi connectivity index (χ1v) is 10.1. The molecular weight excluding hydrogens is 324 g/mol. The van der Waals surface area contributed by atoms with Crippen LogP contribution in [0.2, 0.25) is 0 Å². The van der Waals surface area contributed by atoms with E-state index in [1.54, 1.807) is 14.0 Å². The van der Waals surface area contributed by atoms with Gasteiger partial charge in [0, 0.05) is 32.1 Å². The molecule has 0 saturated heterocycles. The molecule has 7 heteroatoms. The van der Waals surface area contributed by atoms with Gasteiger partial charge in [0.15, 0.2) is 5.96 Å². The Balaban J connectivity index is 1.81. The van der Waals surface area contributed by atoms with E-state index in [0.29, 0.717) is 19.0 Å². The predicted molar refractivity (Wildman–Crippen MR) is 98.8 cm³/mol. The van der Waals surface area contributed by atoms with Gasteiger partial charge in [0.2, 0.25) is 10.0 Å². The first-order valence-electron chi connectivity index (χ1n) is 8.49. The molecule has 0 heterocycles. The molecule has 2 rings (SSSR count). The number of hydrogen-bond acceptors (Lipinski definition) is 3. The van der Waals surface area contributed by atoms with Gasteiger partial charge in [-0.1, -0.05) is 36.8 Å². The lowest BCUT2D eigenvalue weighted by Crippen LogP contribution is -2.49. The van der Waals surface area contributed by atoms with E-state index in [4.69, 9.17) is 0 Å². The standard InChI is InChI=1S/C17H28N4O2S/c1-3-24(22,23)21-13-12-19-16(18-2)20-14-17(10-7-11-17)15-8-5-4-6-9-15/h4-6,8-9,21H,3,7,10-14H2,1-2H3,(H2,18,19,20). The van der Waals surface area contributed by atoms with Crippen LogP contribution in [0.1, 0.15) is 31.7 Å². The molecule has 1 aromatic rings. The minimum atomic E-state index is -3.14. The van der Waals surface area contributed by atoms with Crippen molar-refractivity contribution in [1.29, 1.82) is 0 Å². The summed E-state index contributed by atoms with van der Waals surface area (Å²) < 4.78 is 25.3. The number of nitrogens with zero attached hydrogens (tertiary/aromatic N) is 1. The Labute approximate surface area is 145 Å². The van der Waals surface area contributed by atoms with Gasteiger partial charge in [-0.15, -0.1) is 0 Å². The third kappa shape index (κ3) is 4.95. The van der Waals surface area contributed by atoms with Gasteiger partial charge in [-0.3, -0.25) is 4.99 Å². The van der Waals surface area contributed by atoms with Gasteiger partial charge in [0.25, 0.3) is 0 Å². The molecule has 0 atom stereocenters. The molecule has 0 radical (unpaired) electrons. The van der Waals surface area contributed by atoms with Gasteiger partial charge < -0.3 is 10.6 Å². The number of nitrogens with one attached hydrogen (secondary N) is 3. The highest BCUT2D eigenvalue weighted by molar-refractivity contribution is 7.89. The fourth-order valence-corrected chi connectivity index (χ4v) is 3.54. The number of benzene rings is 1. The first-order chi connectivity index (χ1) is 11.5. The van der Waals surface area contributed by atoms with Crippen LogP contribution in [-0.4, -0.2) is 46.8 Å². The van der Waals surface area contributed by atoms with Crippen molar-refractivity contribution in [2.24, 2.45) is 4.99 Å². The quantitative estimate of drug-likeness (QED) is 0.373. The lowest BCUT2D eigenvalue weighted by Gasteiger charge is -2.43. The summed E-state index contributed by atoms with van der Waals surface area (Å²) in [7, 11) is -1.42. The zero-order chi connectivity index (χ0) is 17.5. The summed E-state index contributed by atoms with van der Waals surface area (Å²) in [6.07, 6.45) is 3.61. The van der Waals surface area contributed by atoms with Crippen molar-refractivity contribution >= 4 is 16.0 Å². The van der Waals surface area contributed by atoms with Crippen LogP contribution in [0.4, 0.5) is 0 Å². The molecule has 0 aliphatic heterocycles. The molecule has 1 aromatic carbocycles. The molecule has 6 nitrogen and oxygen atoms in total. The number of guanidine groups is 1. The summed E-state index contributed by atoms with van der Waals surface area (Å²) >= 11 is 0.